The molecule has 1 aromatic rings. The lowest BCUT2D eigenvalue weighted by molar-refractivity contribution is -0.117. The number of nitrogens with zero attached hydrogens (tertiary/aromatic N) is 1. The first kappa shape index (κ1) is 17.7. The maximum Gasteiger partial charge on any atom is 0.253 e. The second kappa shape index (κ2) is 7.29. The second-order valence-corrected chi connectivity index (χ2v) is 7.60. The monoisotopic (exact) mass is 359 g/mol. The van der Waals surface area contributed by atoms with Crippen molar-refractivity contribution < 1.29 is 18.0 Å². The summed E-state index contributed by atoms with van der Waals surface area (Å²) in [7, 11) is -3.66. The SMILES string of the molecule is NC(=O)CNC(=O)c1cc(S(=O)(=O)N2CCCCC2)ccc1Cl. The van der Waals surface area contributed by atoms with Gasteiger partial charge in [0.05, 0.1) is 22.0 Å². The van der Waals surface area contributed by atoms with Crippen molar-refractivity contribution in [3.05, 3.63) is 28.8 Å². The van der Waals surface area contributed by atoms with Crippen LogP contribution in [0.5, 0.6) is 0 Å². The first-order valence-electron chi connectivity index (χ1n) is 7.18. The predicted molar refractivity (Wildman–Crippen MR) is 85.6 cm³/mol. The van der Waals surface area contributed by atoms with E-state index in [1.54, 1.807) is 0 Å². The van der Waals surface area contributed by atoms with Gasteiger partial charge in [-0.15, -0.1) is 0 Å². The van der Waals surface area contributed by atoms with Crippen LogP contribution >= 0.6 is 11.6 Å². The number of piperidine rings is 1. The Labute approximate surface area is 139 Å². The molecule has 0 spiro atoms. The molecule has 0 aliphatic carbocycles. The standard InChI is InChI=1S/C14H18ClN3O4S/c15-12-5-4-10(8-11(12)14(20)17-9-13(16)19)23(21,22)18-6-2-1-3-7-18/h4-5,8H,1-3,6-7,9H2,(H2,16,19)(H,17,20). The molecular formula is C14H18ClN3O4S. The molecule has 7 nitrogen and oxygen atoms in total. The molecule has 1 aromatic carbocycles. The third-order valence-electron chi connectivity index (χ3n) is 3.56. The number of hydrogen-bond donors (Lipinski definition) is 2. The summed E-state index contributed by atoms with van der Waals surface area (Å²) in [6.07, 6.45) is 2.64. The molecule has 0 unspecified atom stereocenters. The highest BCUT2D eigenvalue weighted by atomic mass is 35.5. The number of nitrogens with two attached hydrogens (primary N) is 1. The fraction of sp³-hybridized carbons (Fsp3) is 0.429. The highest BCUT2D eigenvalue weighted by Gasteiger charge is 2.27. The van der Waals surface area contributed by atoms with Crippen LogP contribution in [-0.2, 0) is 14.8 Å². The smallest absolute Gasteiger partial charge is 0.253 e. The lowest BCUT2D eigenvalue weighted by Crippen LogP contribution is -2.36. The van der Waals surface area contributed by atoms with Crippen molar-refractivity contribution in [1.82, 2.24) is 9.62 Å². The molecule has 0 saturated carbocycles. The summed E-state index contributed by atoms with van der Waals surface area (Å²) in [4.78, 5) is 22.7. The molecule has 1 heterocycles. The van der Waals surface area contributed by atoms with Crippen LogP contribution in [-0.4, -0.2) is 44.2 Å². The van der Waals surface area contributed by atoms with E-state index in [2.05, 4.69) is 5.32 Å². The molecule has 0 radical (unpaired) electrons. The number of halogens is 1. The summed E-state index contributed by atoms with van der Waals surface area (Å²) in [5, 5.41) is 2.39. The molecule has 3 N–H and O–H groups in total. The van der Waals surface area contributed by atoms with Crippen molar-refractivity contribution in [2.45, 2.75) is 24.2 Å². The Bertz CT molecular complexity index is 715. The number of rotatable bonds is 5. The van der Waals surface area contributed by atoms with Gasteiger partial charge in [-0.25, -0.2) is 8.42 Å². The Morgan fingerprint density at radius 1 is 1.22 bits per heavy atom. The Morgan fingerprint density at radius 2 is 1.87 bits per heavy atom. The van der Waals surface area contributed by atoms with Crippen LogP contribution in [0.3, 0.4) is 0 Å². The van der Waals surface area contributed by atoms with Crippen LogP contribution in [0.2, 0.25) is 5.02 Å². The van der Waals surface area contributed by atoms with Crippen molar-refractivity contribution in [3.8, 4) is 0 Å². The van der Waals surface area contributed by atoms with E-state index in [4.69, 9.17) is 17.3 Å². The van der Waals surface area contributed by atoms with Crippen LogP contribution in [0.15, 0.2) is 23.1 Å². The molecule has 126 valence electrons. The van der Waals surface area contributed by atoms with E-state index in [9.17, 15) is 18.0 Å². The summed E-state index contributed by atoms with van der Waals surface area (Å²) in [5.41, 5.74) is 4.96. The third-order valence-corrected chi connectivity index (χ3v) is 5.78. The zero-order valence-electron chi connectivity index (χ0n) is 12.4. The summed E-state index contributed by atoms with van der Waals surface area (Å²) < 4.78 is 26.6. The number of carbonyl (C=O) groups is 2. The molecule has 1 aliphatic rings. The van der Waals surface area contributed by atoms with E-state index in [0.717, 1.165) is 19.3 Å². The Kier molecular flexibility index (Phi) is 5.61. The molecule has 0 bridgehead atoms. The first-order valence-corrected chi connectivity index (χ1v) is 9.00. The minimum Gasteiger partial charge on any atom is -0.368 e. The van der Waals surface area contributed by atoms with E-state index >= 15 is 0 Å². The summed E-state index contributed by atoms with van der Waals surface area (Å²) in [5.74, 6) is -1.35. The van der Waals surface area contributed by atoms with Gasteiger partial charge in [0, 0.05) is 13.1 Å². The van der Waals surface area contributed by atoms with Gasteiger partial charge in [-0.3, -0.25) is 9.59 Å². The van der Waals surface area contributed by atoms with E-state index in [1.165, 1.54) is 22.5 Å². The maximum atomic E-state index is 12.6. The first-order chi connectivity index (χ1) is 10.8. The number of sulfonamides is 1. The third kappa shape index (κ3) is 4.21. The summed E-state index contributed by atoms with van der Waals surface area (Å²) in [6.45, 7) is 0.584. The van der Waals surface area contributed by atoms with Crippen molar-refractivity contribution in [2.75, 3.05) is 19.6 Å². The zero-order valence-corrected chi connectivity index (χ0v) is 14.0. The lowest BCUT2D eigenvalue weighted by atomic mass is 10.2. The lowest BCUT2D eigenvalue weighted by Gasteiger charge is -2.26. The number of hydrogen-bond acceptors (Lipinski definition) is 4. The van der Waals surface area contributed by atoms with Crippen molar-refractivity contribution in [3.63, 3.8) is 0 Å². The van der Waals surface area contributed by atoms with Gasteiger partial charge in [0.2, 0.25) is 15.9 Å². The Morgan fingerprint density at radius 3 is 2.48 bits per heavy atom. The van der Waals surface area contributed by atoms with Gasteiger partial charge < -0.3 is 11.1 Å². The van der Waals surface area contributed by atoms with Crippen LogP contribution in [0.1, 0.15) is 29.6 Å². The average molecular weight is 360 g/mol. The number of primary amides is 1. The molecule has 0 aromatic heterocycles. The van der Waals surface area contributed by atoms with Gasteiger partial charge in [0.25, 0.3) is 5.91 Å². The highest BCUT2D eigenvalue weighted by Crippen LogP contribution is 2.25. The van der Waals surface area contributed by atoms with E-state index in [0.29, 0.717) is 13.1 Å². The molecule has 1 saturated heterocycles. The number of benzene rings is 1. The zero-order chi connectivity index (χ0) is 17.0. The van der Waals surface area contributed by atoms with E-state index in [-0.39, 0.29) is 22.0 Å². The molecule has 2 amide bonds. The molecule has 23 heavy (non-hydrogen) atoms. The second-order valence-electron chi connectivity index (χ2n) is 5.26. The normalized spacial score (nSPS) is 16.0. The van der Waals surface area contributed by atoms with Crippen LogP contribution < -0.4 is 11.1 Å². The Hall–Kier alpha value is -1.64. The summed E-state index contributed by atoms with van der Waals surface area (Å²) >= 11 is 5.96. The van der Waals surface area contributed by atoms with Crippen molar-refractivity contribution in [1.29, 1.82) is 0 Å². The van der Waals surface area contributed by atoms with Crippen LogP contribution in [0.4, 0.5) is 0 Å². The van der Waals surface area contributed by atoms with Gasteiger partial charge in [-0.1, -0.05) is 18.0 Å². The molecule has 9 heteroatoms. The highest BCUT2D eigenvalue weighted by molar-refractivity contribution is 7.89. The van der Waals surface area contributed by atoms with E-state index in [1.807, 2.05) is 0 Å². The fourth-order valence-corrected chi connectivity index (χ4v) is 4.10. The van der Waals surface area contributed by atoms with Crippen LogP contribution in [0.25, 0.3) is 0 Å². The number of carbonyl (C=O) groups excluding carboxylic acids is 2. The number of nitrogens with one attached hydrogen (secondary N) is 1. The number of amides is 2. The van der Waals surface area contributed by atoms with Gasteiger partial charge >= 0.3 is 0 Å². The van der Waals surface area contributed by atoms with Gasteiger partial charge in [0.1, 0.15) is 0 Å². The molecule has 2 rings (SSSR count). The fourth-order valence-electron chi connectivity index (χ4n) is 2.36. The largest absolute Gasteiger partial charge is 0.368 e. The van der Waals surface area contributed by atoms with E-state index < -0.39 is 21.8 Å². The van der Waals surface area contributed by atoms with Gasteiger partial charge in [0.15, 0.2) is 0 Å². The molecule has 1 fully saturated rings. The van der Waals surface area contributed by atoms with Gasteiger partial charge in [-0.05, 0) is 31.0 Å². The van der Waals surface area contributed by atoms with Crippen molar-refractivity contribution in [2.24, 2.45) is 5.73 Å². The molecule has 0 atom stereocenters. The topological polar surface area (TPSA) is 110 Å². The predicted octanol–water partition coefficient (Wildman–Crippen LogP) is 0.730. The maximum absolute atomic E-state index is 12.6. The molecule has 1 aliphatic heterocycles. The van der Waals surface area contributed by atoms with Crippen molar-refractivity contribution >= 4 is 33.4 Å². The minimum atomic E-state index is -3.66. The van der Waals surface area contributed by atoms with Crippen LogP contribution in [0, 0.1) is 0 Å². The average Bonchev–Trinajstić information content (AvgIpc) is 2.53. The molecular weight excluding hydrogens is 342 g/mol. The quantitative estimate of drug-likeness (QED) is 0.807. The minimum absolute atomic E-state index is 0.00743. The Balaban J connectivity index is 2.28. The summed E-state index contributed by atoms with van der Waals surface area (Å²) in [6, 6.07) is 3.96. The van der Waals surface area contributed by atoms with Gasteiger partial charge in [-0.2, -0.15) is 4.31 Å².